The largest absolute Gasteiger partial charge is 0.340 e. The van der Waals surface area contributed by atoms with Gasteiger partial charge in [-0.3, -0.25) is 0 Å². The minimum Gasteiger partial charge on any atom is -0.340 e. The lowest BCUT2D eigenvalue weighted by Crippen LogP contribution is -2.00. The van der Waals surface area contributed by atoms with Crippen molar-refractivity contribution in [3.63, 3.8) is 0 Å². The summed E-state index contributed by atoms with van der Waals surface area (Å²) in [4.78, 5) is 15.6. The lowest BCUT2D eigenvalue weighted by atomic mass is 10.1. The van der Waals surface area contributed by atoms with Crippen LogP contribution in [0.25, 0.3) is 136 Å². The summed E-state index contributed by atoms with van der Waals surface area (Å²) in [7, 11) is 0. The molecule has 4 heterocycles. The second kappa shape index (κ2) is 30.4. The van der Waals surface area contributed by atoms with Crippen molar-refractivity contribution in [2.24, 2.45) is 0 Å². The summed E-state index contributed by atoms with van der Waals surface area (Å²) >= 11 is 0. The number of hydrogen-bond acceptors (Lipinski definition) is 3. The smallest absolute Gasteiger partial charge is 0.164 e. The zero-order valence-electron chi connectivity index (χ0n) is 55.0. The summed E-state index contributed by atoms with van der Waals surface area (Å²) in [6, 6.07) is 73.3. The van der Waals surface area contributed by atoms with Crippen LogP contribution in [0.2, 0.25) is 0 Å². The minimum absolute atomic E-state index is 0.633. The molecule has 468 valence electrons. The molecular weight excluding hydrogens is 1130 g/mol. The van der Waals surface area contributed by atoms with Gasteiger partial charge in [0.1, 0.15) is 0 Å². The number of rotatable bonds is 30. The highest BCUT2D eigenvalue weighted by Crippen LogP contribution is 2.35. The van der Waals surface area contributed by atoms with Crippen LogP contribution in [0.1, 0.15) is 170 Å². The molecule has 0 unspecified atom stereocenters. The molecule has 0 saturated carbocycles. The molecule has 13 rings (SSSR count). The number of fused-ring (bicyclic) bond motifs is 9. The highest BCUT2D eigenvalue weighted by molar-refractivity contribution is 6.11. The molecule has 0 atom stereocenters. The maximum absolute atomic E-state index is 5.20. The number of aryl methyl sites for hydroxylation is 3. The summed E-state index contributed by atoms with van der Waals surface area (Å²) in [5.41, 5.74) is 17.6. The highest BCUT2D eigenvalue weighted by Gasteiger charge is 2.16. The lowest BCUT2D eigenvalue weighted by Gasteiger charge is -2.09. The molecule has 0 bridgehead atoms. The Morgan fingerprint density at radius 2 is 0.473 bits per heavy atom. The topological polar surface area (TPSA) is 53.5 Å². The van der Waals surface area contributed by atoms with Crippen molar-refractivity contribution in [2.75, 3.05) is 0 Å². The summed E-state index contributed by atoms with van der Waals surface area (Å²) in [6.45, 7) is 10.0. The van der Waals surface area contributed by atoms with E-state index in [9.17, 15) is 0 Å². The first-order chi connectivity index (χ1) is 46.0. The van der Waals surface area contributed by atoms with Crippen molar-refractivity contribution in [1.82, 2.24) is 28.7 Å². The van der Waals surface area contributed by atoms with E-state index in [-0.39, 0.29) is 0 Å². The van der Waals surface area contributed by atoms with Crippen LogP contribution in [-0.4, -0.2) is 28.7 Å². The summed E-state index contributed by atoms with van der Waals surface area (Å²) in [6.07, 6.45) is 36.6. The van der Waals surface area contributed by atoms with Crippen LogP contribution >= 0.6 is 0 Å². The first-order valence-corrected chi connectivity index (χ1v) is 35.1. The first-order valence-electron chi connectivity index (χ1n) is 35.1. The van der Waals surface area contributed by atoms with Gasteiger partial charge in [0.2, 0.25) is 0 Å². The first kappa shape index (κ1) is 62.4. The number of nitrogens with zero attached hydrogens (tertiary/aromatic N) is 6. The standard InChI is InChI=1S/C87H90N6/c1-4-7-10-13-16-25-58-91-79-31-22-19-28-73(79)76-61-67(46-55-82(76)91)37-34-64-40-49-70(50-41-64)85-88-86(71-51-42-65(43-52-71)35-38-68-47-56-83-77(62-68)74-29-20-23-32-80(74)92(83)59-26-17-14-11-8-5-2)90-87(89-85)72-53-44-66(45-54-72)36-39-69-48-57-84-78(63-69)75-30-21-24-33-81(75)93(84)60-27-18-15-12-9-6-3/h19-24,28-57,61-63H,4-18,25-27,58-60H2,1-3H3/b37-34+,38-35+,39-36+. The van der Waals surface area contributed by atoms with E-state index in [1.54, 1.807) is 0 Å². The molecule has 0 saturated heterocycles. The van der Waals surface area contributed by atoms with Gasteiger partial charge < -0.3 is 13.7 Å². The minimum atomic E-state index is 0.633. The van der Waals surface area contributed by atoms with Crippen LogP contribution in [0.15, 0.2) is 200 Å². The number of benzene rings is 9. The van der Waals surface area contributed by atoms with Gasteiger partial charge in [-0.25, -0.2) is 15.0 Å². The highest BCUT2D eigenvalue weighted by atomic mass is 15.0. The molecule has 93 heavy (non-hydrogen) atoms. The van der Waals surface area contributed by atoms with Crippen LogP contribution in [0.3, 0.4) is 0 Å². The Morgan fingerprint density at radius 1 is 0.237 bits per heavy atom. The molecule has 9 aromatic carbocycles. The fourth-order valence-corrected chi connectivity index (χ4v) is 14.0. The van der Waals surface area contributed by atoms with Crippen molar-refractivity contribution < 1.29 is 0 Å². The Balaban J connectivity index is 0.756. The van der Waals surface area contributed by atoms with Crippen molar-refractivity contribution in [1.29, 1.82) is 0 Å². The van der Waals surface area contributed by atoms with E-state index in [2.05, 4.69) is 271 Å². The van der Waals surface area contributed by atoms with Gasteiger partial charge >= 0.3 is 0 Å². The van der Waals surface area contributed by atoms with Crippen LogP contribution in [0, 0.1) is 0 Å². The predicted octanol–water partition coefficient (Wildman–Crippen LogP) is 24.8. The zero-order valence-corrected chi connectivity index (χ0v) is 55.0. The number of para-hydroxylation sites is 3. The third-order valence-electron chi connectivity index (χ3n) is 19.1. The molecule has 0 aliphatic carbocycles. The predicted molar refractivity (Wildman–Crippen MR) is 401 cm³/mol. The van der Waals surface area contributed by atoms with Gasteiger partial charge in [-0.1, -0.05) is 299 Å². The van der Waals surface area contributed by atoms with Crippen LogP contribution in [-0.2, 0) is 19.6 Å². The fourth-order valence-electron chi connectivity index (χ4n) is 14.0. The van der Waals surface area contributed by atoms with Crippen molar-refractivity contribution >= 4 is 102 Å². The Bertz CT molecular complexity index is 4250. The molecule has 0 aliphatic rings. The van der Waals surface area contributed by atoms with Gasteiger partial charge in [0, 0.05) is 102 Å². The third-order valence-corrected chi connectivity index (χ3v) is 19.1. The SMILES string of the molecule is CCCCCCCCn1c2ccccc2c2cc(/C=C/c3ccc(-c4nc(-c5ccc(/C=C/c6ccc7c(c6)c6ccccc6n7CCCCCCCC)cc5)nc(-c5ccc(/C=C/c6ccc7c(c6)c6ccccc6n7CCCCCCCC)cc5)n4)cc3)ccc21. The Kier molecular flexibility index (Phi) is 20.4. The molecule has 0 N–H and O–H groups in total. The average molecular weight is 1220 g/mol. The summed E-state index contributed by atoms with van der Waals surface area (Å²) in [5.74, 6) is 1.90. The van der Waals surface area contributed by atoms with E-state index in [1.165, 1.54) is 198 Å². The van der Waals surface area contributed by atoms with Gasteiger partial charge in [-0.2, -0.15) is 0 Å². The number of unbranched alkanes of at least 4 members (excludes halogenated alkanes) is 15. The van der Waals surface area contributed by atoms with E-state index >= 15 is 0 Å². The normalized spacial score (nSPS) is 12.2. The summed E-state index contributed by atoms with van der Waals surface area (Å²) < 4.78 is 7.60. The molecule has 0 aliphatic heterocycles. The van der Waals surface area contributed by atoms with Crippen molar-refractivity contribution in [2.45, 2.75) is 156 Å². The molecule has 13 aromatic rings. The van der Waals surface area contributed by atoms with Crippen LogP contribution in [0.4, 0.5) is 0 Å². The van der Waals surface area contributed by atoms with Crippen molar-refractivity contribution in [3.8, 4) is 34.2 Å². The second-order valence-electron chi connectivity index (χ2n) is 25.8. The molecule has 4 aromatic heterocycles. The van der Waals surface area contributed by atoms with E-state index in [1.807, 2.05) is 0 Å². The van der Waals surface area contributed by atoms with Gasteiger partial charge in [-0.05, 0) is 107 Å². The van der Waals surface area contributed by atoms with E-state index in [4.69, 9.17) is 15.0 Å². The third kappa shape index (κ3) is 14.6. The van der Waals surface area contributed by atoms with Gasteiger partial charge in [0.15, 0.2) is 17.5 Å². The molecule has 0 radical (unpaired) electrons. The maximum atomic E-state index is 5.20. The van der Waals surface area contributed by atoms with Crippen LogP contribution in [0.5, 0.6) is 0 Å². The monoisotopic (exact) mass is 1220 g/mol. The lowest BCUT2D eigenvalue weighted by molar-refractivity contribution is 0.571. The van der Waals surface area contributed by atoms with Crippen LogP contribution < -0.4 is 0 Å². The molecule has 0 fully saturated rings. The molecule has 0 spiro atoms. The van der Waals surface area contributed by atoms with Gasteiger partial charge in [-0.15, -0.1) is 0 Å². The molecule has 6 heteroatoms. The van der Waals surface area contributed by atoms with E-state index in [0.29, 0.717) is 17.5 Å². The molecule has 0 amide bonds. The number of aromatic nitrogens is 6. The Hall–Kier alpha value is -9.39. The summed E-state index contributed by atoms with van der Waals surface area (Å²) in [5, 5.41) is 7.89. The average Bonchev–Trinajstić information content (AvgIpc) is 1.65. The Morgan fingerprint density at radius 3 is 0.763 bits per heavy atom. The molecular formula is C87H90N6. The fraction of sp³-hybridized carbons (Fsp3) is 0.276. The van der Waals surface area contributed by atoms with Gasteiger partial charge in [0.05, 0.1) is 0 Å². The quantitative estimate of drug-likeness (QED) is 0.0333. The maximum Gasteiger partial charge on any atom is 0.164 e. The Labute approximate surface area is 551 Å². The second-order valence-corrected chi connectivity index (χ2v) is 25.8. The van der Waals surface area contributed by atoms with Gasteiger partial charge in [0.25, 0.3) is 0 Å². The number of hydrogen-bond donors (Lipinski definition) is 0. The zero-order chi connectivity index (χ0) is 63.1. The van der Waals surface area contributed by atoms with E-state index in [0.717, 1.165) is 53.0 Å². The van der Waals surface area contributed by atoms with Crippen molar-refractivity contribution in [3.05, 3.63) is 234 Å². The molecule has 6 nitrogen and oxygen atoms in total. The van der Waals surface area contributed by atoms with E-state index < -0.39 is 0 Å².